The molecule has 1 aromatic rings. The van der Waals surface area contributed by atoms with Crippen molar-refractivity contribution in [2.24, 2.45) is 0 Å². The first-order chi connectivity index (χ1) is 7.45. The van der Waals surface area contributed by atoms with Gasteiger partial charge in [-0.1, -0.05) is 23.8 Å². The molecule has 0 amide bonds. The van der Waals surface area contributed by atoms with E-state index in [0.29, 0.717) is 12.6 Å². The van der Waals surface area contributed by atoms with Crippen molar-refractivity contribution in [3.05, 3.63) is 34.6 Å². The molecule has 0 saturated carbocycles. The van der Waals surface area contributed by atoms with Crippen LogP contribution in [0.1, 0.15) is 17.5 Å². The van der Waals surface area contributed by atoms with Gasteiger partial charge in [0.05, 0.1) is 5.56 Å². The van der Waals surface area contributed by atoms with Gasteiger partial charge in [0.2, 0.25) is 0 Å². The zero-order valence-corrected chi connectivity index (χ0v) is 8.89. The summed E-state index contributed by atoms with van der Waals surface area (Å²) in [7, 11) is 0. The lowest BCUT2D eigenvalue weighted by molar-refractivity contribution is -0.137. The summed E-state index contributed by atoms with van der Waals surface area (Å²) < 4.78 is 37.0. The number of halogens is 4. The van der Waals surface area contributed by atoms with Crippen molar-refractivity contribution >= 4 is 17.7 Å². The summed E-state index contributed by atoms with van der Waals surface area (Å²) in [6.45, 7) is -0.0689. The Balaban J connectivity index is 3.00. The lowest BCUT2D eigenvalue weighted by Crippen LogP contribution is -2.05. The fraction of sp³-hybridized carbons (Fsp3) is 0.300. The van der Waals surface area contributed by atoms with Crippen LogP contribution in [-0.2, 0) is 6.18 Å². The molecule has 0 aliphatic carbocycles. The molecule has 0 spiro atoms. The van der Waals surface area contributed by atoms with Crippen LogP contribution < -0.4 is 0 Å². The highest BCUT2D eigenvalue weighted by molar-refractivity contribution is 6.30. The van der Waals surface area contributed by atoms with Crippen LogP contribution in [0.3, 0.4) is 0 Å². The van der Waals surface area contributed by atoms with Crippen molar-refractivity contribution in [3.8, 4) is 0 Å². The SMILES string of the molecule is OCCC=Cc1cc(C(F)(F)F)cnc1Cl. The van der Waals surface area contributed by atoms with Gasteiger partial charge in [-0.15, -0.1) is 0 Å². The highest BCUT2D eigenvalue weighted by Gasteiger charge is 2.31. The summed E-state index contributed by atoms with van der Waals surface area (Å²) in [5.74, 6) is 0. The molecule has 0 bridgehead atoms. The normalized spacial score (nSPS) is 12.3. The predicted molar refractivity (Wildman–Crippen MR) is 55.0 cm³/mol. The maximum absolute atomic E-state index is 12.3. The Labute approximate surface area is 95.4 Å². The summed E-state index contributed by atoms with van der Waals surface area (Å²) in [4.78, 5) is 3.46. The number of aliphatic hydroxyl groups excluding tert-OH is 1. The van der Waals surface area contributed by atoms with Crippen molar-refractivity contribution in [3.63, 3.8) is 0 Å². The Morgan fingerprint density at radius 2 is 2.12 bits per heavy atom. The first kappa shape index (κ1) is 13.0. The molecular formula is C10H9ClF3NO. The predicted octanol–water partition coefficient (Wildman–Crippen LogP) is 3.15. The lowest BCUT2D eigenvalue weighted by atomic mass is 10.2. The third-order valence-corrected chi connectivity index (χ3v) is 2.10. The van der Waals surface area contributed by atoms with E-state index in [1.165, 1.54) is 12.2 Å². The minimum atomic E-state index is -4.43. The van der Waals surface area contributed by atoms with Gasteiger partial charge in [0, 0.05) is 18.4 Å². The number of hydrogen-bond acceptors (Lipinski definition) is 2. The number of aromatic nitrogens is 1. The zero-order chi connectivity index (χ0) is 12.2. The van der Waals surface area contributed by atoms with E-state index in [-0.39, 0.29) is 17.3 Å². The first-order valence-corrected chi connectivity index (χ1v) is 4.83. The average Bonchev–Trinajstić information content (AvgIpc) is 2.19. The summed E-state index contributed by atoms with van der Waals surface area (Å²) in [6.07, 6.45) is -0.459. The molecule has 2 nitrogen and oxygen atoms in total. The molecular weight excluding hydrogens is 243 g/mol. The molecule has 16 heavy (non-hydrogen) atoms. The largest absolute Gasteiger partial charge is 0.417 e. The van der Waals surface area contributed by atoms with Crippen LogP contribution in [0, 0.1) is 0 Å². The number of rotatable bonds is 3. The summed E-state index contributed by atoms with van der Waals surface area (Å²) in [5.41, 5.74) is -0.662. The number of nitrogens with zero attached hydrogens (tertiary/aromatic N) is 1. The monoisotopic (exact) mass is 251 g/mol. The number of hydrogen-bond donors (Lipinski definition) is 1. The molecule has 88 valence electrons. The summed E-state index contributed by atoms with van der Waals surface area (Å²) in [5, 5.41) is 8.52. The molecule has 1 heterocycles. The van der Waals surface area contributed by atoms with Crippen molar-refractivity contribution in [2.45, 2.75) is 12.6 Å². The number of alkyl halides is 3. The van der Waals surface area contributed by atoms with E-state index in [4.69, 9.17) is 16.7 Å². The molecule has 1 aromatic heterocycles. The zero-order valence-electron chi connectivity index (χ0n) is 8.13. The highest BCUT2D eigenvalue weighted by Crippen LogP contribution is 2.30. The minimum Gasteiger partial charge on any atom is -0.396 e. The van der Waals surface area contributed by atoms with Crippen LogP contribution in [0.15, 0.2) is 18.3 Å². The third-order valence-electron chi connectivity index (χ3n) is 1.79. The molecule has 1 N–H and O–H groups in total. The van der Waals surface area contributed by atoms with E-state index in [2.05, 4.69) is 4.98 Å². The molecule has 0 aromatic carbocycles. The van der Waals surface area contributed by atoms with Crippen LogP contribution in [0.2, 0.25) is 5.15 Å². The number of pyridine rings is 1. The first-order valence-electron chi connectivity index (χ1n) is 4.45. The van der Waals surface area contributed by atoms with Gasteiger partial charge < -0.3 is 5.11 Å². The Morgan fingerprint density at radius 1 is 1.44 bits per heavy atom. The smallest absolute Gasteiger partial charge is 0.396 e. The van der Waals surface area contributed by atoms with Crippen molar-refractivity contribution in [1.29, 1.82) is 0 Å². The molecule has 6 heteroatoms. The Bertz CT molecular complexity index is 390. The van der Waals surface area contributed by atoms with E-state index in [1.54, 1.807) is 0 Å². The van der Waals surface area contributed by atoms with Crippen molar-refractivity contribution in [1.82, 2.24) is 4.98 Å². The fourth-order valence-corrected chi connectivity index (χ4v) is 1.19. The Hall–Kier alpha value is -1.07. The maximum Gasteiger partial charge on any atom is 0.417 e. The molecule has 0 atom stereocenters. The Morgan fingerprint density at radius 3 is 2.69 bits per heavy atom. The van der Waals surface area contributed by atoms with E-state index in [1.807, 2.05) is 0 Å². The quantitative estimate of drug-likeness (QED) is 0.837. The Kier molecular flexibility index (Phi) is 4.32. The second-order valence-electron chi connectivity index (χ2n) is 3.02. The third kappa shape index (κ3) is 3.50. The van der Waals surface area contributed by atoms with E-state index in [0.717, 1.165) is 6.07 Å². The van der Waals surface area contributed by atoms with E-state index < -0.39 is 11.7 Å². The van der Waals surface area contributed by atoms with Gasteiger partial charge in [0.15, 0.2) is 0 Å². The molecule has 1 rings (SSSR count). The van der Waals surface area contributed by atoms with Gasteiger partial charge in [-0.2, -0.15) is 13.2 Å². The molecule has 0 saturated heterocycles. The standard InChI is InChI=1S/C10H9ClF3NO/c11-9-7(3-1-2-4-16)5-8(6-15-9)10(12,13)14/h1,3,5-6,16H,2,4H2. The van der Waals surface area contributed by atoms with Gasteiger partial charge in [0.25, 0.3) is 0 Å². The van der Waals surface area contributed by atoms with E-state index >= 15 is 0 Å². The van der Waals surface area contributed by atoms with Gasteiger partial charge in [-0.05, 0) is 12.5 Å². The maximum atomic E-state index is 12.3. The van der Waals surface area contributed by atoms with Crippen molar-refractivity contribution in [2.75, 3.05) is 6.61 Å². The van der Waals surface area contributed by atoms with Crippen LogP contribution in [0.5, 0.6) is 0 Å². The van der Waals surface area contributed by atoms with E-state index in [9.17, 15) is 13.2 Å². The average molecular weight is 252 g/mol. The summed E-state index contributed by atoms with van der Waals surface area (Å²) >= 11 is 5.63. The fourth-order valence-electron chi connectivity index (χ4n) is 1.02. The second kappa shape index (κ2) is 5.32. The topological polar surface area (TPSA) is 33.1 Å². The van der Waals surface area contributed by atoms with Crippen LogP contribution >= 0.6 is 11.6 Å². The molecule has 0 unspecified atom stereocenters. The molecule has 0 fully saturated rings. The summed E-state index contributed by atoms with van der Waals surface area (Å²) in [6, 6.07) is 0.920. The second-order valence-corrected chi connectivity index (χ2v) is 3.37. The van der Waals surface area contributed by atoms with Gasteiger partial charge in [0.1, 0.15) is 5.15 Å². The van der Waals surface area contributed by atoms with Crippen LogP contribution in [0.4, 0.5) is 13.2 Å². The van der Waals surface area contributed by atoms with Crippen LogP contribution in [-0.4, -0.2) is 16.7 Å². The molecule has 0 aliphatic rings. The van der Waals surface area contributed by atoms with Gasteiger partial charge in [-0.3, -0.25) is 0 Å². The van der Waals surface area contributed by atoms with Crippen molar-refractivity contribution < 1.29 is 18.3 Å². The molecule has 0 aliphatic heterocycles. The minimum absolute atomic E-state index is 0.00203. The van der Waals surface area contributed by atoms with Gasteiger partial charge >= 0.3 is 6.18 Å². The highest BCUT2D eigenvalue weighted by atomic mass is 35.5. The van der Waals surface area contributed by atoms with Gasteiger partial charge in [-0.25, -0.2) is 4.98 Å². The lowest BCUT2D eigenvalue weighted by Gasteiger charge is -2.07. The molecule has 0 radical (unpaired) electrons. The number of aliphatic hydroxyl groups is 1. The van der Waals surface area contributed by atoms with Crippen LogP contribution in [0.25, 0.3) is 6.08 Å².